The molecule has 0 spiro atoms. The van der Waals surface area contributed by atoms with Gasteiger partial charge in [0.05, 0.1) is 0 Å². The van der Waals surface area contributed by atoms with Crippen LogP contribution >= 0.6 is 0 Å². The van der Waals surface area contributed by atoms with E-state index in [-0.39, 0.29) is 11.8 Å². The van der Waals surface area contributed by atoms with E-state index in [1.54, 1.807) is 36.3 Å². The lowest BCUT2D eigenvalue weighted by Crippen LogP contribution is -2.46. The Morgan fingerprint density at radius 2 is 2.28 bits per heavy atom. The standard InChI is InChI=1S/C13H17N3O2/c1-16-9-5-3-7-11(13(16)18)15-12(17)10-6-2-4-8-14-10/h2,4,6,8,11H,3,5,7,9H2,1H3,(H,15,17). The topological polar surface area (TPSA) is 62.3 Å². The van der Waals surface area contributed by atoms with Gasteiger partial charge in [0.15, 0.2) is 0 Å². The molecule has 1 aromatic rings. The van der Waals surface area contributed by atoms with Crippen molar-refractivity contribution >= 4 is 11.8 Å². The molecule has 1 N–H and O–H groups in total. The second kappa shape index (κ2) is 5.62. The van der Waals surface area contributed by atoms with Crippen LogP contribution in [0.15, 0.2) is 24.4 Å². The molecule has 2 heterocycles. The first-order valence-corrected chi connectivity index (χ1v) is 6.15. The molecular formula is C13H17N3O2. The van der Waals surface area contributed by atoms with Crippen LogP contribution in [-0.2, 0) is 4.79 Å². The average Bonchev–Trinajstić information content (AvgIpc) is 2.55. The van der Waals surface area contributed by atoms with Crippen molar-refractivity contribution < 1.29 is 9.59 Å². The molecule has 1 fully saturated rings. The van der Waals surface area contributed by atoms with Crippen molar-refractivity contribution in [2.24, 2.45) is 0 Å². The number of rotatable bonds is 2. The highest BCUT2D eigenvalue weighted by Crippen LogP contribution is 2.11. The number of nitrogens with zero attached hydrogens (tertiary/aromatic N) is 2. The minimum Gasteiger partial charge on any atom is -0.344 e. The molecule has 1 atom stereocenters. The smallest absolute Gasteiger partial charge is 0.270 e. The van der Waals surface area contributed by atoms with Crippen LogP contribution in [0.2, 0.25) is 0 Å². The molecule has 2 amide bonds. The number of nitrogens with one attached hydrogen (secondary N) is 1. The van der Waals surface area contributed by atoms with E-state index in [4.69, 9.17) is 0 Å². The summed E-state index contributed by atoms with van der Waals surface area (Å²) in [6.07, 6.45) is 4.19. The van der Waals surface area contributed by atoms with Crippen molar-refractivity contribution in [3.63, 3.8) is 0 Å². The third-order valence-electron chi connectivity index (χ3n) is 3.11. The third-order valence-corrected chi connectivity index (χ3v) is 3.11. The van der Waals surface area contributed by atoms with Crippen molar-refractivity contribution in [1.82, 2.24) is 15.2 Å². The largest absolute Gasteiger partial charge is 0.344 e. The van der Waals surface area contributed by atoms with E-state index in [1.165, 1.54) is 0 Å². The quantitative estimate of drug-likeness (QED) is 0.841. The Morgan fingerprint density at radius 3 is 3.00 bits per heavy atom. The fourth-order valence-electron chi connectivity index (χ4n) is 2.06. The van der Waals surface area contributed by atoms with Gasteiger partial charge in [-0.1, -0.05) is 6.07 Å². The van der Waals surface area contributed by atoms with Gasteiger partial charge >= 0.3 is 0 Å². The van der Waals surface area contributed by atoms with Gasteiger partial charge < -0.3 is 10.2 Å². The van der Waals surface area contributed by atoms with Gasteiger partial charge in [0.2, 0.25) is 5.91 Å². The molecule has 1 unspecified atom stereocenters. The highest BCUT2D eigenvalue weighted by atomic mass is 16.2. The molecular weight excluding hydrogens is 230 g/mol. The van der Waals surface area contributed by atoms with Gasteiger partial charge in [0.1, 0.15) is 11.7 Å². The lowest BCUT2D eigenvalue weighted by molar-refractivity contribution is -0.131. The Kier molecular flexibility index (Phi) is 3.92. The van der Waals surface area contributed by atoms with Gasteiger partial charge in [0, 0.05) is 19.8 Å². The van der Waals surface area contributed by atoms with E-state index in [0.717, 1.165) is 19.4 Å². The Hall–Kier alpha value is -1.91. The molecule has 5 nitrogen and oxygen atoms in total. The summed E-state index contributed by atoms with van der Waals surface area (Å²) in [5, 5.41) is 2.76. The van der Waals surface area contributed by atoms with Crippen molar-refractivity contribution in [2.45, 2.75) is 25.3 Å². The summed E-state index contributed by atoms with van der Waals surface area (Å²) < 4.78 is 0. The number of likely N-dealkylation sites (tertiary alicyclic amines) is 1. The maximum atomic E-state index is 12.0. The van der Waals surface area contributed by atoms with E-state index >= 15 is 0 Å². The molecule has 1 aromatic heterocycles. The predicted octanol–water partition coefficient (Wildman–Crippen LogP) is 0.822. The molecule has 96 valence electrons. The number of likely N-dealkylation sites (N-methyl/N-ethyl adjacent to an activating group) is 1. The summed E-state index contributed by atoms with van der Waals surface area (Å²) in [5.74, 6) is -0.305. The summed E-state index contributed by atoms with van der Waals surface area (Å²) in [7, 11) is 1.77. The van der Waals surface area contributed by atoms with Crippen molar-refractivity contribution in [3.05, 3.63) is 30.1 Å². The van der Waals surface area contributed by atoms with E-state index in [0.29, 0.717) is 12.1 Å². The molecule has 1 saturated heterocycles. The van der Waals surface area contributed by atoms with E-state index < -0.39 is 6.04 Å². The molecule has 1 aliphatic heterocycles. The van der Waals surface area contributed by atoms with Crippen LogP contribution in [0, 0.1) is 0 Å². The van der Waals surface area contributed by atoms with Crippen molar-refractivity contribution in [2.75, 3.05) is 13.6 Å². The highest BCUT2D eigenvalue weighted by molar-refractivity contribution is 5.96. The van der Waals surface area contributed by atoms with Crippen molar-refractivity contribution in [1.29, 1.82) is 0 Å². The number of hydrogen-bond acceptors (Lipinski definition) is 3. The number of carbonyl (C=O) groups excluding carboxylic acids is 2. The summed E-state index contributed by atoms with van der Waals surface area (Å²) in [5.41, 5.74) is 0.345. The summed E-state index contributed by atoms with van der Waals surface area (Å²) >= 11 is 0. The lowest BCUT2D eigenvalue weighted by atomic mass is 10.1. The maximum Gasteiger partial charge on any atom is 0.270 e. The number of hydrogen-bond donors (Lipinski definition) is 1. The SMILES string of the molecule is CN1CCCCC(NC(=O)c2ccccn2)C1=O. The zero-order chi connectivity index (χ0) is 13.0. The normalized spacial score (nSPS) is 20.4. The summed E-state index contributed by atoms with van der Waals surface area (Å²) in [6, 6.07) is 4.72. The van der Waals surface area contributed by atoms with Crippen LogP contribution < -0.4 is 5.32 Å². The van der Waals surface area contributed by atoms with Gasteiger partial charge in [-0.3, -0.25) is 14.6 Å². The van der Waals surface area contributed by atoms with Gasteiger partial charge in [-0.2, -0.15) is 0 Å². The number of pyridine rings is 1. The molecule has 18 heavy (non-hydrogen) atoms. The molecule has 0 aliphatic carbocycles. The lowest BCUT2D eigenvalue weighted by Gasteiger charge is -2.20. The Morgan fingerprint density at radius 1 is 1.44 bits per heavy atom. The van der Waals surface area contributed by atoms with Gasteiger partial charge in [-0.25, -0.2) is 0 Å². The monoisotopic (exact) mass is 247 g/mol. The Balaban J connectivity index is 2.04. The molecule has 0 radical (unpaired) electrons. The van der Waals surface area contributed by atoms with Crippen LogP contribution in [0.5, 0.6) is 0 Å². The van der Waals surface area contributed by atoms with Gasteiger partial charge in [-0.15, -0.1) is 0 Å². The molecule has 0 aromatic carbocycles. The average molecular weight is 247 g/mol. The van der Waals surface area contributed by atoms with Crippen LogP contribution in [0.3, 0.4) is 0 Å². The minimum absolute atomic E-state index is 0.0169. The first-order valence-electron chi connectivity index (χ1n) is 6.15. The Labute approximate surface area is 106 Å². The zero-order valence-corrected chi connectivity index (χ0v) is 10.4. The fraction of sp³-hybridized carbons (Fsp3) is 0.462. The molecule has 2 rings (SSSR count). The summed E-state index contributed by atoms with van der Waals surface area (Å²) in [4.78, 5) is 29.6. The van der Waals surface area contributed by atoms with E-state index in [2.05, 4.69) is 10.3 Å². The second-order valence-corrected chi connectivity index (χ2v) is 4.50. The molecule has 0 saturated carbocycles. The number of amides is 2. The third kappa shape index (κ3) is 2.85. The predicted molar refractivity (Wildman–Crippen MR) is 67.0 cm³/mol. The molecule has 5 heteroatoms. The van der Waals surface area contributed by atoms with Crippen LogP contribution in [-0.4, -0.2) is 41.3 Å². The minimum atomic E-state index is -0.424. The van der Waals surface area contributed by atoms with Gasteiger partial charge in [0.25, 0.3) is 5.91 Å². The zero-order valence-electron chi connectivity index (χ0n) is 10.4. The van der Waals surface area contributed by atoms with Crippen molar-refractivity contribution in [3.8, 4) is 0 Å². The number of aromatic nitrogens is 1. The number of carbonyl (C=O) groups is 2. The molecule has 1 aliphatic rings. The van der Waals surface area contributed by atoms with Crippen LogP contribution in [0.1, 0.15) is 29.8 Å². The fourth-order valence-corrected chi connectivity index (χ4v) is 2.06. The second-order valence-electron chi connectivity index (χ2n) is 4.50. The van der Waals surface area contributed by atoms with E-state index in [1.807, 2.05) is 0 Å². The van der Waals surface area contributed by atoms with Crippen LogP contribution in [0.25, 0.3) is 0 Å². The highest BCUT2D eigenvalue weighted by Gasteiger charge is 2.26. The van der Waals surface area contributed by atoms with Crippen LogP contribution in [0.4, 0.5) is 0 Å². The Bertz CT molecular complexity index is 433. The first-order chi connectivity index (χ1) is 8.68. The molecule has 0 bridgehead atoms. The maximum absolute atomic E-state index is 12.0. The first kappa shape index (κ1) is 12.5. The van der Waals surface area contributed by atoms with E-state index in [9.17, 15) is 9.59 Å². The van der Waals surface area contributed by atoms with Gasteiger partial charge in [-0.05, 0) is 31.4 Å². The summed E-state index contributed by atoms with van der Waals surface area (Å²) in [6.45, 7) is 0.759.